The van der Waals surface area contributed by atoms with Gasteiger partial charge in [-0.05, 0) is 36.3 Å². The highest BCUT2D eigenvalue weighted by Crippen LogP contribution is 2.31. The Balaban J connectivity index is 1.87. The third-order valence-electron chi connectivity index (χ3n) is 5.46. The normalized spacial score (nSPS) is 24.6. The molecule has 2 atom stereocenters. The van der Waals surface area contributed by atoms with Crippen LogP contribution in [0.25, 0.3) is 0 Å². The van der Waals surface area contributed by atoms with Crippen LogP contribution >= 0.6 is 0 Å². The van der Waals surface area contributed by atoms with Crippen molar-refractivity contribution in [3.63, 3.8) is 0 Å². The summed E-state index contributed by atoms with van der Waals surface area (Å²) in [5, 5.41) is 3.16. The first-order valence-corrected chi connectivity index (χ1v) is 8.82. The summed E-state index contributed by atoms with van der Waals surface area (Å²) in [6, 6.07) is 8.25. The maximum Gasteiger partial charge on any atom is 0.242 e. The largest absolute Gasteiger partial charge is 0.324 e. The number of nitrogens with one attached hydrogen (secondary N) is 1. The van der Waals surface area contributed by atoms with E-state index < -0.39 is 0 Å². The minimum absolute atomic E-state index is 0.00185. The van der Waals surface area contributed by atoms with E-state index in [4.69, 9.17) is 0 Å². The Labute approximate surface area is 134 Å². The number of rotatable bonds is 4. The molecule has 1 saturated carbocycles. The lowest BCUT2D eigenvalue weighted by Crippen LogP contribution is -2.47. The minimum Gasteiger partial charge on any atom is -0.324 e. The zero-order valence-corrected chi connectivity index (χ0v) is 13.8. The van der Waals surface area contributed by atoms with Crippen LogP contribution in [0.3, 0.4) is 0 Å². The summed E-state index contributed by atoms with van der Waals surface area (Å²) >= 11 is 0. The van der Waals surface area contributed by atoms with Crippen molar-refractivity contribution in [3.8, 4) is 0 Å². The first-order chi connectivity index (χ1) is 10.7. The number of benzene rings is 1. The van der Waals surface area contributed by atoms with Crippen LogP contribution in [0.15, 0.2) is 24.3 Å². The molecule has 0 radical (unpaired) electrons. The van der Waals surface area contributed by atoms with Crippen molar-refractivity contribution < 1.29 is 4.79 Å². The fraction of sp³-hybridized carbons (Fsp3) is 0.632. The summed E-state index contributed by atoms with van der Waals surface area (Å²) in [5.74, 6) is 1.33. The van der Waals surface area contributed by atoms with Crippen molar-refractivity contribution in [2.45, 2.75) is 58.5 Å². The van der Waals surface area contributed by atoms with E-state index in [1.807, 2.05) is 12.1 Å². The van der Waals surface area contributed by atoms with Gasteiger partial charge in [-0.15, -0.1) is 0 Å². The average Bonchev–Trinajstić information content (AvgIpc) is 2.97. The lowest BCUT2D eigenvalue weighted by Gasteiger charge is -2.34. The smallest absolute Gasteiger partial charge is 0.242 e. The van der Waals surface area contributed by atoms with Gasteiger partial charge in [-0.1, -0.05) is 51.3 Å². The molecular weight excluding hydrogens is 272 g/mol. The molecule has 22 heavy (non-hydrogen) atoms. The van der Waals surface area contributed by atoms with E-state index in [1.165, 1.54) is 31.2 Å². The van der Waals surface area contributed by atoms with E-state index in [0.717, 1.165) is 31.1 Å². The predicted molar refractivity (Wildman–Crippen MR) is 90.7 cm³/mol. The lowest BCUT2D eigenvalue weighted by molar-refractivity contribution is -0.123. The molecule has 1 aliphatic heterocycles. The predicted octanol–water partition coefficient (Wildman–Crippen LogP) is 4.05. The number of hydrogen-bond acceptors (Lipinski definition) is 2. The Morgan fingerprint density at radius 1 is 1.27 bits per heavy atom. The Kier molecular flexibility index (Phi) is 4.82. The summed E-state index contributed by atoms with van der Waals surface area (Å²) in [4.78, 5) is 15.3. The van der Waals surface area contributed by atoms with Gasteiger partial charge in [0.05, 0.1) is 6.04 Å². The average molecular weight is 300 g/mol. The van der Waals surface area contributed by atoms with Gasteiger partial charge < -0.3 is 5.32 Å². The van der Waals surface area contributed by atoms with E-state index in [9.17, 15) is 4.79 Å². The van der Waals surface area contributed by atoms with Crippen molar-refractivity contribution >= 4 is 11.6 Å². The molecule has 1 aromatic rings. The summed E-state index contributed by atoms with van der Waals surface area (Å²) < 4.78 is 0. The second-order valence-corrected chi connectivity index (χ2v) is 7.06. The van der Waals surface area contributed by atoms with Crippen molar-refractivity contribution in [2.24, 2.45) is 11.8 Å². The van der Waals surface area contributed by atoms with Gasteiger partial charge in [0.2, 0.25) is 5.91 Å². The van der Waals surface area contributed by atoms with Crippen LogP contribution in [-0.4, -0.2) is 23.4 Å². The van der Waals surface area contributed by atoms with Gasteiger partial charge in [0, 0.05) is 18.8 Å². The second-order valence-electron chi connectivity index (χ2n) is 7.06. The summed E-state index contributed by atoms with van der Waals surface area (Å²) in [5.41, 5.74) is 2.24. The van der Waals surface area contributed by atoms with Gasteiger partial charge in [0.15, 0.2) is 0 Å². The van der Waals surface area contributed by atoms with E-state index >= 15 is 0 Å². The molecule has 3 rings (SSSR count). The van der Waals surface area contributed by atoms with E-state index in [-0.39, 0.29) is 11.9 Å². The van der Waals surface area contributed by atoms with Gasteiger partial charge in [0.1, 0.15) is 0 Å². The highest BCUT2D eigenvalue weighted by molar-refractivity contribution is 5.96. The van der Waals surface area contributed by atoms with E-state index in [1.54, 1.807) is 0 Å². The highest BCUT2D eigenvalue weighted by Gasteiger charge is 2.35. The van der Waals surface area contributed by atoms with Crippen LogP contribution in [0.5, 0.6) is 0 Å². The molecular formula is C19H28N2O. The topological polar surface area (TPSA) is 32.3 Å². The summed E-state index contributed by atoms with van der Waals surface area (Å²) in [7, 11) is 0. The number of para-hydroxylation sites is 1. The number of hydrogen-bond donors (Lipinski definition) is 1. The van der Waals surface area contributed by atoms with Crippen LogP contribution in [0.1, 0.15) is 51.5 Å². The third kappa shape index (κ3) is 3.19. The molecule has 0 spiro atoms. The van der Waals surface area contributed by atoms with Crippen molar-refractivity contribution in [2.75, 3.05) is 11.9 Å². The Morgan fingerprint density at radius 2 is 2.00 bits per heavy atom. The minimum atomic E-state index is -0.00185. The van der Waals surface area contributed by atoms with E-state index in [0.29, 0.717) is 5.92 Å². The SMILES string of the molecule is CC[C@H](C)[C@H]1C(=O)Nc2ccccc2CN1CC1CCCC1. The van der Waals surface area contributed by atoms with Crippen LogP contribution in [0, 0.1) is 11.8 Å². The number of anilines is 1. The Morgan fingerprint density at radius 3 is 2.73 bits per heavy atom. The molecule has 1 aliphatic carbocycles. The number of amides is 1. The number of fused-ring (bicyclic) bond motifs is 1. The van der Waals surface area contributed by atoms with Crippen LogP contribution in [0.4, 0.5) is 5.69 Å². The fourth-order valence-electron chi connectivity index (χ4n) is 4.01. The molecule has 2 aliphatic rings. The molecule has 1 aromatic carbocycles. The fourth-order valence-corrected chi connectivity index (χ4v) is 4.01. The molecule has 0 unspecified atom stereocenters. The maximum atomic E-state index is 12.8. The van der Waals surface area contributed by atoms with Crippen molar-refractivity contribution in [1.82, 2.24) is 4.90 Å². The number of carbonyl (C=O) groups excluding carboxylic acids is 1. The molecule has 120 valence electrons. The molecule has 0 aromatic heterocycles. The molecule has 1 N–H and O–H groups in total. The van der Waals surface area contributed by atoms with Gasteiger partial charge in [-0.25, -0.2) is 0 Å². The maximum absolute atomic E-state index is 12.8. The van der Waals surface area contributed by atoms with Gasteiger partial charge in [-0.3, -0.25) is 9.69 Å². The third-order valence-corrected chi connectivity index (χ3v) is 5.46. The molecule has 1 amide bonds. The molecule has 3 heteroatoms. The number of carbonyl (C=O) groups is 1. The lowest BCUT2D eigenvalue weighted by atomic mass is 9.95. The van der Waals surface area contributed by atoms with Crippen LogP contribution in [0.2, 0.25) is 0 Å². The standard InChI is InChI=1S/C19H28N2O/c1-3-14(2)18-19(22)20-17-11-7-6-10-16(17)13-21(18)12-15-8-4-5-9-15/h6-7,10-11,14-15,18H,3-5,8-9,12-13H2,1-2H3,(H,20,22)/t14-,18-/m0/s1. The van der Waals surface area contributed by atoms with Crippen LogP contribution < -0.4 is 5.32 Å². The van der Waals surface area contributed by atoms with E-state index in [2.05, 4.69) is 36.2 Å². The van der Waals surface area contributed by atoms with Gasteiger partial charge >= 0.3 is 0 Å². The van der Waals surface area contributed by atoms with Gasteiger partial charge in [-0.2, -0.15) is 0 Å². The summed E-state index contributed by atoms with van der Waals surface area (Å²) in [6.45, 7) is 6.35. The monoisotopic (exact) mass is 300 g/mol. The molecule has 3 nitrogen and oxygen atoms in total. The Bertz CT molecular complexity index is 522. The number of nitrogens with zero attached hydrogens (tertiary/aromatic N) is 1. The molecule has 0 bridgehead atoms. The zero-order valence-electron chi connectivity index (χ0n) is 13.8. The summed E-state index contributed by atoms with van der Waals surface area (Å²) in [6.07, 6.45) is 6.40. The Hall–Kier alpha value is -1.35. The van der Waals surface area contributed by atoms with Crippen molar-refractivity contribution in [1.29, 1.82) is 0 Å². The van der Waals surface area contributed by atoms with Crippen LogP contribution in [-0.2, 0) is 11.3 Å². The first kappa shape index (κ1) is 15.5. The molecule has 1 fully saturated rings. The second kappa shape index (κ2) is 6.82. The van der Waals surface area contributed by atoms with Crippen molar-refractivity contribution in [3.05, 3.63) is 29.8 Å². The zero-order chi connectivity index (χ0) is 15.5. The highest BCUT2D eigenvalue weighted by atomic mass is 16.2. The molecule has 0 saturated heterocycles. The quantitative estimate of drug-likeness (QED) is 0.910. The molecule has 1 heterocycles. The van der Waals surface area contributed by atoms with Gasteiger partial charge in [0.25, 0.3) is 0 Å². The first-order valence-electron chi connectivity index (χ1n) is 8.82.